The highest BCUT2D eigenvalue weighted by molar-refractivity contribution is 6.00. The molecule has 0 saturated carbocycles. The van der Waals surface area contributed by atoms with Crippen LogP contribution in [0, 0.1) is 23.7 Å². The van der Waals surface area contributed by atoms with Gasteiger partial charge in [-0.15, -0.1) is 5.10 Å². The number of aliphatic hydroxyl groups is 1. The summed E-state index contributed by atoms with van der Waals surface area (Å²) < 4.78 is 53.7. The molecule has 1 aromatic carbocycles. The van der Waals surface area contributed by atoms with Gasteiger partial charge in [0.05, 0.1) is 36.1 Å². The van der Waals surface area contributed by atoms with E-state index in [-0.39, 0.29) is 23.9 Å². The standard InChI is InChI=1S/C49H70FN9O10/c1-26-21-48(7,65-11)43(29(4)39(60)30(5)44(62)67-31(6)49(8)42-28(3)38(26)52-17-19-58(42)47(63)69-49)68-45-40(61)36(20-27(2)66-45)57(9)18-16-35-25-59(56-55-35)37(22-50)41(64-10)33-14-12-32(13-15-33)34-23-53-46(51)54-24-34/h12-15,23-31,36-37,40-43,45,61H,16-22H2,1-11H3,(H2,51,53,54)/t26-,27-,28?,29+,30?,31-,36?,37?,40-,41?,42-,43-,45+,48-,49-/m1/s1. The number of aliphatic imine (C=N–C) groups is 1. The number of anilines is 1. The largest absolute Gasteiger partial charge is 0.458 e. The Morgan fingerprint density at radius 2 is 1.71 bits per heavy atom. The summed E-state index contributed by atoms with van der Waals surface area (Å²) in [6, 6.07) is 5.76. The minimum atomic E-state index is -1.22. The number of alkyl halides is 1. The molecular formula is C49H70FN9O10. The van der Waals surface area contributed by atoms with Gasteiger partial charge in [0.1, 0.15) is 36.9 Å². The van der Waals surface area contributed by atoms with Crippen molar-refractivity contribution in [2.24, 2.45) is 28.7 Å². The monoisotopic (exact) mass is 964 g/mol. The Bertz CT molecular complexity index is 2300. The predicted molar refractivity (Wildman–Crippen MR) is 252 cm³/mol. The molecule has 1 amide bonds. The van der Waals surface area contributed by atoms with Crippen LogP contribution in [0.25, 0.3) is 11.1 Å². The number of hydrogen-bond donors (Lipinski definition) is 2. The van der Waals surface area contributed by atoms with Gasteiger partial charge in [0.15, 0.2) is 17.7 Å². The number of fused-ring (bicyclic) bond motifs is 1. The first-order valence-corrected chi connectivity index (χ1v) is 23.9. The van der Waals surface area contributed by atoms with Gasteiger partial charge in [0.25, 0.3) is 0 Å². The van der Waals surface area contributed by atoms with E-state index in [1.807, 2.05) is 63.9 Å². The lowest BCUT2D eigenvalue weighted by atomic mass is 9.73. The number of aliphatic hydroxyl groups excluding tert-OH is 1. The van der Waals surface area contributed by atoms with E-state index in [4.69, 9.17) is 39.1 Å². The Hall–Kier alpha value is -4.99. The number of nitrogens with zero attached hydrogens (tertiary/aromatic N) is 8. The molecule has 0 radical (unpaired) electrons. The molecule has 2 aromatic heterocycles. The van der Waals surface area contributed by atoms with Crippen LogP contribution in [-0.2, 0) is 44.4 Å². The molecular weight excluding hydrogens is 894 g/mol. The SMILES string of the molecule is COC(c1ccc(-c2cnc(N)nc2)cc1)C(CF)n1cc(CCN(C)C2C[C@@H](C)O[C@@H](O[C@@H]3[C@@H](C)C(=O)C(C)C(=O)O[C@H](C)[C@@]4(C)OC(=O)N5CCN=C(C(C)[C@@H]54)[C@H](C)C[C@@]3(C)OC)[C@@H]2O)nn1. The molecule has 4 aliphatic heterocycles. The van der Waals surface area contributed by atoms with Gasteiger partial charge < -0.3 is 44.2 Å². The maximum atomic E-state index is 14.8. The number of Topliss-reactive ketones (excluding diaryl/α,β-unsaturated/α-hetero) is 1. The Balaban J connectivity index is 1.07. The van der Waals surface area contributed by atoms with E-state index < -0.39 is 96.4 Å². The van der Waals surface area contributed by atoms with Crippen LogP contribution in [0.4, 0.5) is 15.1 Å². The van der Waals surface area contributed by atoms with Gasteiger partial charge in [-0.25, -0.2) is 23.8 Å². The van der Waals surface area contributed by atoms with Crippen LogP contribution in [0.15, 0.2) is 47.8 Å². The van der Waals surface area contributed by atoms with Crippen molar-refractivity contribution >= 4 is 29.5 Å². The van der Waals surface area contributed by atoms with Crippen LogP contribution in [0.2, 0.25) is 0 Å². The fraction of sp³-hybridized carbons (Fsp3) is 0.673. The fourth-order valence-electron chi connectivity index (χ4n) is 11.0. The highest BCUT2D eigenvalue weighted by atomic mass is 19.1. The molecule has 378 valence electrons. The molecule has 15 atom stereocenters. The molecule has 2 bridgehead atoms. The molecule has 3 aromatic rings. The third-order valence-corrected chi connectivity index (χ3v) is 15.2. The van der Waals surface area contributed by atoms with Crippen LogP contribution < -0.4 is 5.73 Å². The summed E-state index contributed by atoms with van der Waals surface area (Å²) in [6.07, 6.45) is 0.419. The zero-order chi connectivity index (χ0) is 50.1. The topological polar surface area (TPSA) is 228 Å². The number of ketones is 1. The average Bonchev–Trinajstić information content (AvgIpc) is 3.85. The smallest absolute Gasteiger partial charge is 0.410 e. The third kappa shape index (κ3) is 10.4. The first-order chi connectivity index (χ1) is 32.7. The number of ether oxygens (including phenoxy) is 6. The molecule has 3 saturated heterocycles. The van der Waals surface area contributed by atoms with Crippen molar-refractivity contribution in [2.75, 3.05) is 53.3 Å². The lowest BCUT2D eigenvalue weighted by Gasteiger charge is -2.47. The molecule has 4 aliphatic rings. The molecule has 19 nitrogen and oxygen atoms in total. The summed E-state index contributed by atoms with van der Waals surface area (Å²) in [6.45, 7) is 14.9. The first kappa shape index (κ1) is 51.8. The van der Waals surface area contributed by atoms with Gasteiger partial charge in [-0.1, -0.05) is 50.3 Å². The number of benzene rings is 1. The van der Waals surface area contributed by atoms with Crippen LogP contribution in [0.3, 0.4) is 0 Å². The Labute approximate surface area is 403 Å². The maximum absolute atomic E-state index is 14.8. The number of esters is 1. The molecule has 7 rings (SSSR count). The second-order valence-electron chi connectivity index (χ2n) is 19.8. The zero-order valence-electron chi connectivity index (χ0n) is 41.7. The number of nitrogens with two attached hydrogens (primary N) is 1. The van der Waals surface area contributed by atoms with Gasteiger partial charge in [-0.3, -0.25) is 19.5 Å². The normalized spacial score (nSPS) is 34.3. The highest BCUT2D eigenvalue weighted by Crippen LogP contribution is 2.43. The number of likely N-dealkylation sites (N-methyl/N-ethyl adjacent to an activating group) is 1. The lowest BCUT2D eigenvalue weighted by molar-refractivity contribution is -0.295. The zero-order valence-corrected chi connectivity index (χ0v) is 41.7. The number of carbonyl (C=O) groups is 3. The Morgan fingerprint density at radius 1 is 1.01 bits per heavy atom. The van der Waals surface area contributed by atoms with Gasteiger partial charge >= 0.3 is 12.1 Å². The minimum Gasteiger partial charge on any atom is -0.458 e. The van der Waals surface area contributed by atoms with E-state index in [1.54, 1.807) is 51.4 Å². The summed E-state index contributed by atoms with van der Waals surface area (Å²) in [5, 5.41) is 20.8. The molecule has 3 N–H and O–H groups in total. The van der Waals surface area contributed by atoms with E-state index in [0.29, 0.717) is 44.6 Å². The molecule has 0 spiro atoms. The quantitative estimate of drug-likeness (QED) is 0.173. The first-order valence-electron chi connectivity index (χ1n) is 23.9. The molecule has 3 fully saturated rings. The number of amides is 1. The van der Waals surface area contributed by atoms with E-state index in [2.05, 4.69) is 20.3 Å². The second-order valence-corrected chi connectivity index (χ2v) is 19.8. The number of rotatable bonds is 13. The van der Waals surface area contributed by atoms with Crippen molar-refractivity contribution in [3.05, 3.63) is 54.1 Å². The van der Waals surface area contributed by atoms with Crippen LogP contribution in [-0.4, -0.2) is 165 Å². The predicted octanol–water partition coefficient (Wildman–Crippen LogP) is 4.83. The van der Waals surface area contributed by atoms with Crippen LogP contribution >= 0.6 is 0 Å². The van der Waals surface area contributed by atoms with E-state index in [1.165, 1.54) is 18.7 Å². The molecule has 6 heterocycles. The van der Waals surface area contributed by atoms with E-state index >= 15 is 0 Å². The molecule has 20 heteroatoms. The summed E-state index contributed by atoms with van der Waals surface area (Å²) in [5.41, 5.74) is 7.12. The second kappa shape index (κ2) is 21.2. The molecule has 0 aliphatic carbocycles. The van der Waals surface area contributed by atoms with Crippen molar-refractivity contribution in [1.29, 1.82) is 0 Å². The van der Waals surface area contributed by atoms with Gasteiger partial charge in [0.2, 0.25) is 5.95 Å². The van der Waals surface area contributed by atoms with Gasteiger partial charge in [-0.05, 0) is 71.6 Å². The van der Waals surface area contributed by atoms with Crippen molar-refractivity contribution in [1.82, 2.24) is 34.8 Å². The van der Waals surface area contributed by atoms with Gasteiger partial charge in [-0.2, -0.15) is 0 Å². The van der Waals surface area contributed by atoms with Gasteiger partial charge in [0, 0.05) is 81.5 Å². The molecule has 5 unspecified atom stereocenters. The third-order valence-electron chi connectivity index (χ3n) is 15.2. The number of aromatic nitrogens is 5. The number of nitrogen functional groups attached to an aromatic ring is 1. The van der Waals surface area contributed by atoms with Crippen LogP contribution in [0.5, 0.6) is 0 Å². The Kier molecular flexibility index (Phi) is 15.9. The summed E-state index contributed by atoms with van der Waals surface area (Å²) >= 11 is 0. The van der Waals surface area contributed by atoms with Crippen molar-refractivity contribution in [2.45, 2.75) is 141 Å². The summed E-state index contributed by atoms with van der Waals surface area (Å²) in [4.78, 5) is 58.4. The molecule has 69 heavy (non-hydrogen) atoms. The number of methoxy groups -OCH3 is 2. The number of hydrogen-bond acceptors (Lipinski definition) is 17. The Morgan fingerprint density at radius 3 is 2.36 bits per heavy atom. The van der Waals surface area contributed by atoms with E-state index in [0.717, 1.165) is 22.4 Å². The minimum absolute atomic E-state index is 0.182. The number of halogens is 1. The van der Waals surface area contributed by atoms with Crippen molar-refractivity contribution in [3.63, 3.8) is 0 Å². The van der Waals surface area contributed by atoms with Crippen LogP contribution in [0.1, 0.15) is 91.6 Å². The maximum Gasteiger partial charge on any atom is 0.410 e. The average molecular weight is 964 g/mol. The summed E-state index contributed by atoms with van der Waals surface area (Å²) in [7, 11) is 4.98. The summed E-state index contributed by atoms with van der Waals surface area (Å²) in [5.74, 6) is -3.70. The van der Waals surface area contributed by atoms with E-state index in [9.17, 15) is 23.9 Å². The lowest BCUT2D eigenvalue weighted by Crippen LogP contribution is -2.60. The number of cyclic esters (lactones) is 1. The van der Waals surface area contributed by atoms with Crippen molar-refractivity contribution in [3.8, 4) is 11.1 Å². The number of carbonyl (C=O) groups excluding carboxylic acids is 3. The highest BCUT2D eigenvalue weighted by Gasteiger charge is 2.60. The fourth-order valence-corrected chi connectivity index (χ4v) is 11.0. The van der Waals surface area contributed by atoms with Crippen molar-refractivity contribution < 1.29 is 52.3 Å².